The zero-order valence-corrected chi connectivity index (χ0v) is 10.1. The number of rotatable bonds is 3. The van der Waals surface area contributed by atoms with E-state index in [0.29, 0.717) is 31.0 Å². The van der Waals surface area contributed by atoms with Crippen molar-refractivity contribution < 1.29 is 23.8 Å². The lowest BCUT2D eigenvalue weighted by atomic mass is 10.1. The van der Waals surface area contributed by atoms with E-state index in [1.54, 1.807) is 17.9 Å². The molecule has 1 aromatic heterocycles. The number of furan rings is 1. The minimum atomic E-state index is -0.922. The molecule has 0 spiro atoms. The second-order valence-electron chi connectivity index (χ2n) is 4.23. The number of hydrogen-bond donors (Lipinski definition) is 1. The smallest absolute Gasteiger partial charge is 0.306 e. The van der Waals surface area contributed by atoms with E-state index in [-0.39, 0.29) is 12.3 Å². The Balaban J connectivity index is 2.03. The number of morpholine rings is 1. The normalized spacial score (nSPS) is 19.8. The number of hydrogen-bond acceptors (Lipinski definition) is 4. The van der Waals surface area contributed by atoms with Crippen molar-refractivity contribution in [2.24, 2.45) is 0 Å². The zero-order chi connectivity index (χ0) is 13.1. The van der Waals surface area contributed by atoms with Gasteiger partial charge in [0.05, 0.1) is 31.0 Å². The lowest BCUT2D eigenvalue weighted by Crippen LogP contribution is -2.46. The highest BCUT2D eigenvalue weighted by Gasteiger charge is 2.27. The fraction of sp³-hybridized carbons (Fsp3) is 0.500. The number of carboxylic acids is 1. The summed E-state index contributed by atoms with van der Waals surface area (Å²) in [7, 11) is 0. The fourth-order valence-corrected chi connectivity index (χ4v) is 2.00. The van der Waals surface area contributed by atoms with Crippen molar-refractivity contribution in [3.05, 3.63) is 23.7 Å². The lowest BCUT2D eigenvalue weighted by molar-refractivity contribution is -0.141. The van der Waals surface area contributed by atoms with E-state index in [0.717, 1.165) is 0 Å². The van der Waals surface area contributed by atoms with Crippen molar-refractivity contribution in [1.82, 2.24) is 4.90 Å². The van der Waals surface area contributed by atoms with Gasteiger partial charge in [0, 0.05) is 13.1 Å². The molecule has 1 amide bonds. The molecule has 0 radical (unpaired) electrons. The standard InChI is InChI=1S/C12H15NO5/c1-8-10(2-4-17-8)12(16)13-3-5-18-9(7-13)6-11(14)15/h2,4,9H,3,5-7H2,1H3,(H,14,15)/t9-/m0/s1. The molecule has 1 fully saturated rings. The number of carbonyl (C=O) groups is 2. The van der Waals surface area contributed by atoms with E-state index >= 15 is 0 Å². The van der Waals surface area contributed by atoms with Gasteiger partial charge in [0.2, 0.25) is 0 Å². The number of ether oxygens (including phenoxy) is 1. The number of carboxylic acid groups (broad SMARTS) is 1. The molecule has 1 aliphatic rings. The van der Waals surface area contributed by atoms with Crippen molar-refractivity contribution >= 4 is 11.9 Å². The van der Waals surface area contributed by atoms with E-state index in [1.165, 1.54) is 6.26 Å². The maximum absolute atomic E-state index is 12.2. The maximum Gasteiger partial charge on any atom is 0.306 e. The van der Waals surface area contributed by atoms with Crippen LogP contribution in [-0.2, 0) is 9.53 Å². The number of amides is 1. The molecule has 0 unspecified atom stereocenters. The van der Waals surface area contributed by atoms with Gasteiger partial charge >= 0.3 is 5.97 Å². The molecule has 1 atom stereocenters. The zero-order valence-electron chi connectivity index (χ0n) is 10.1. The van der Waals surface area contributed by atoms with E-state index in [2.05, 4.69) is 0 Å². The lowest BCUT2D eigenvalue weighted by Gasteiger charge is -2.32. The highest BCUT2D eigenvalue weighted by atomic mass is 16.5. The molecule has 1 saturated heterocycles. The molecule has 1 aromatic rings. The van der Waals surface area contributed by atoms with Crippen LogP contribution in [0.4, 0.5) is 0 Å². The first-order valence-corrected chi connectivity index (χ1v) is 5.74. The fourth-order valence-electron chi connectivity index (χ4n) is 2.00. The summed E-state index contributed by atoms with van der Waals surface area (Å²) in [5.74, 6) is -0.491. The molecule has 1 aliphatic heterocycles. The average molecular weight is 253 g/mol. The van der Waals surface area contributed by atoms with Crippen LogP contribution in [-0.4, -0.2) is 47.7 Å². The summed E-state index contributed by atoms with van der Waals surface area (Å²) in [6, 6.07) is 1.62. The van der Waals surface area contributed by atoms with Crippen LogP contribution < -0.4 is 0 Å². The molecule has 0 aliphatic carbocycles. The molecule has 2 rings (SSSR count). The second-order valence-corrected chi connectivity index (χ2v) is 4.23. The molecule has 2 heterocycles. The van der Waals surface area contributed by atoms with Crippen molar-refractivity contribution in [1.29, 1.82) is 0 Å². The quantitative estimate of drug-likeness (QED) is 0.865. The molecule has 98 valence electrons. The maximum atomic E-state index is 12.2. The van der Waals surface area contributed by atoms with E-state index in [1.807, 2.05) is 0 Å². The molecule has 6 nitrogen and oxygen atoms in total. The van der Waals surface area contributed by atoms with Crippen LogP contribution in [0.25, 0.3) is 0 Å². The summed E-state index contributed by atoms with van der Waals surface area (Å²) in [5, 5.41) is 8.72. The molecule has 0 bridgehead atoms. The third-order valence-electron chi connectivity index (χ3n) is 2.92. The Morgan fingerprint density at radius 2 is 2.33 bits per heavy atom. The largest absolute Gasteiger partial charge is 0.481 e. The minimum Gasteiger partial charge on any atom is -0.481 e. The third-order valence-corrected chi connectivity index (χ3v) is 2.92. The van der Waals surface area contributed by atoms with Gasteiger partial charge in [0.15, 0.2) is 0 Å². The van der Waals surface area contributed by atoms with Gasteiger partial charge in [-0.2, -0.15) is 0 Å². The van der Waals surface area contributed by atoms with Gasteiger partial charge in [-0.05, 0) is 13.0 Å². The Labute approximate surface area is 104 Å². The highest BCUT2D eigenvalue weighted by Crippen LogP contribution is 2.16. The van der Waals surface area contributed by atoms with E-state index in [9.17, 15) is 9.59 Å². The van der Waals surface area contributed by atoms with E-state index in [4.69, 9.17) is 14.3 Å². The van der Waals surface area contributed by atoms with Crippen molar-refractivity contribution in [3.63, 3.8) is 0 Å². The monoisotopic (exact) mass is 253 g/mol. The van der Waals surface area contributed by atoms with Crippen LogP contribution in [0.3, 0.4) is 0 Å². The minimum absolute atomic E-state index is 0.0891. The van der Waals surface area contributed by atoms with Crippen LogP contribution in [0.1, 0.15) is 22.5 Å². The average Bonchev–Trinajstić information content (AvgIpc) is 2.74. The van der Waals surface area contributed by atoms with Gasteiger partial charge in [-0.15, -0.1) is 0 Å². The van der Waals surface area contributed by atoms with Gasteiger partial charge in [0.25, 0.3) is 5.91 Å². The number of aliphatic carboxylic acids is 1. The van der Waals surface area contributed by atoms with Crippen LogP contribution in [0.5, 0.6) is 0 Å². The number of carbonyl (C=O) groups excluding carboxylic acids is 1. The molecule has 0 aromatic carbocycles. The Hall–Kier alpha value is -1.82. The molecule has 1 N–H and O–H groups in total. The molecular formula is C12H15NO5. The Morgan fingerprint density at radius 3 is 2.94 bits per heavy atom. The van der Waals surface area contributed by atoms with Gasteiger partial charge in [-0.25, -0.2) is 0 Å². The Bertz CT molecular complexity index is 453. The summed E-state index contributed by atoms with van der Waals surface area (Å²) in [6.45, 7) is 2.86. The first kappa shape index (κ1) is 12.6. The van der Waals surface area contributed by atoms with Crippen LogP contribution in [0.15, 0.2) is 16.7 Å². The number of nitrogens with zero attached hydrogens (tertiary/aromatic N) is 1. The van der Waals surface area contributed by atoms with Crippen molar-refractivity contribution in [2.75, 3.05) is 19.7 Å². The predicted octanol–water partition coefficient (Wildman–Crippen LogP) is 0.904. The summed E-state index contributed by atoms with van der Waals surface area (Å²) >= 11 is 0. The SMILES string of the molecule is Cc1occc1C(=O)N1CCO[C@@H](CC(=O)O)C1. The summed E-state index contributed by atoms with van der Waals surface area (Å²) in [5.41, 5.74) is 0.519. The van der Waals surface area contributed by atoms with E-state index < -0.39 is 12.1 Å². The van der Waals surface area contributed by atoms with Crippen LogP contribution in [0, 0.1) is 6.92 Å². The number of aryl methyl sites for hydroxylation is 1. The highest BCUT2D eigenvalue weighted by molar-refractivity contribution is 5.95. The third kappa shape index (κ3) is 2.70. The summed E-state index contributed by atoms with van der Waals surface area (Å²) in [4.78, 5) is 24.4. The van der Waals surface area contributed by atoms with Crippen LogP contribution >= 0.6 is 0 Å². The van der Waals surface area contributed by atoms with Gasteiger partial charge in [-0.3, -0.25) is 9.59 Å². The molecule has 0 saturated carbocycles. The van der Waals surface area contributed by atoms with Gasteiger partial charge in [0.1, 0.15) is 5.76 Å². The van der Waals surface area contributed by atoms with Crippen molar-refractivity contribution in [2.45, 2.75) is 19.4 Å². The summed E-state index contributed by atoms with van der Waals surface area (Å²) < 4.78 is 10.4. The Morgan fingerprint density at radius 1 is 1.56 bits per heavy atom. The van der Waals surface area contributed by atoms with Crippen LogP contribution in [0.2, 0.25) is 0 Å². The first-order chi connectivity index (χ1) is 8.58. The van der Waals surface area contributed by atoms with Gasteiger partial charge < -0.3 is 19.2 Å². The molecule has 6 heteroatoms. The topological polar surface area (TPSA) is 80.0 Å². The first-order valence-electron chi connectivity index (χ1n) is 5.74. The summed E-state index contributed by atoms with van der Waals surface area (Å²) in [6.07, 6.45) is 0.943. The second kappa shape index (κ2) is 5.22. The predicted molar refractivity (Wildman–Crippen MR) is 61.3 cm³/mol. The molecular weight excluding hydrogens is 238 g/mol. The van der Waals surface area contributed by atoms with Gasteiger partial charge in [-0.1, -0.05) is 0 Å². The Kier molecular flexibility index (Phi) is 3.66. The van der Waals surface area contributed by atoms with Crippen molar-refractivity contribution in [3.8, 4) is 0 Å². The molecule has 18 heavy (non-hydrogen) atoms.